The van der Waals surface area contributed by atoms with Gasteiger partial charge in [-0.1, -0.05) is 24.3 Å². The predicted molar refractivity (Wildman–Crippen MR) is 60.7 cm³/mol. The molecule has 1 aromatic heterocycles. The van der Waals surface area contributed by atoms with Gasteiger partial charge >= 0.3 is 0 Å². The zero-order valence-corrected chi connectivity index (χ0v) is 8.38. The van der Waals surface area contributed by atoms with Gasteiger partial charge in [0, 0.05) is 6.20 Å². The Kier molecular flexibility index (Phi) is 2.65. The van der Waals surface area contributed by atoms with Crippen LogP contribution in [0, 0.1) is 0 Å². The van der Waals surface area contributed by atoms with Crippen molar-refractivity contribution in [2.45, 2.75) is 6.04 Å². The molecule has 0 aliphatic carbocycles. The summed E-state index contributed by atoms with van der Waals surface area (Å²) in [6, 6.07) is 11.6. The first-order valence-electron chi connectivity index (χ1n) is 4.80. The molecule has 0 amide bonds. The van der Waals surface area contributed by atoms with Crippen LogP contribution in [-0.2, 0) is 0 Å². The molecular weight excluding hydrogens is 186 g/mol. The highest BCUT2D eigenvalue weighted by Crippen LogP contribution is 2.11. The lowest BCUT2D eigenvalue weighted by atomic mass is 10.2. The Balaban J connectivity index is 2.32. The molecular formula is C12H13N3. The fourth-order valence-corrected chi connectivity index (χ4v) is 1.36. The van der Waals surface area contributed by atoms with Crippen LogP contribution in [0.15, 0.2) is 55.3 Å². The van der Waals surface area contributed by atoms with E-state index in [4.69, 9.17) is 5.73 Å². The second kappa shape index (κ2) is 4.11. The maximum absolute atomic E-state index is 5.79. The van der Waals surface area contributed by atoms with Crippen LogP contribution in [0.5, 0.6) is 0 Å². The van der Waals surface area contributed by atoms with Gasteiger partial charge < -0.3 is 5.73 Å². The lowest BCUT2D eigenvalue weighted by Gasteiger charge is -2.02. The first-order chi connectivity index (χ1) is 7.31. The lowest BCUT2D eigenvalue weighted by molar-refractivity contribution is 0.790. The van der Waals surface area contributed by atoms with Crippen LogP contribution in [0.1, 0.15) is 11.7 Å². The number of hydrogen-bond donors (Lipinski definition) is 1. The van der Waals surface area contributed by atoms with Gasteiger partial charge in [-0.25, -0.2) is 4.68 Å². The van der Waals surface area contributed by atoms with Crippen LogP contribution in [0.25, 0.3) is 5.69 Å². The van der Waals surface area contributed by atoms with Gasteiger partial charge in [-0.2, -0.15) is 5.10 Å². The van der Waals surface area contributed by atoms with Crippen LogP contribution < -0.4 is 5.73 Å². The molecule has 1 heterocycles. The SMILES string of the molecule is C=CC(N)c1ccn(-c2ccccc2)n1. The summed E-state index contributed by atoms with van der Waals surface area (Å²) in [6.45, 7) is 3.64. The molecule has 3 nitrogen and oxygen atoms in total. The van der Waals surface area contributed by atoms with Crippen molar-refractivity contribution >= 4 is 0 Å². The molecule has 1 aromatic carbocycles. The van der Waals surface area contributed by atoms with Crippen molar-refractivity contribution in [2.75, 3.05) is 0 Å². The van der Waals surface area contributed by atoms with E-state index >= 15 is 0 Å². The van der Waals surface area contributed by atoms with E-state index in [2.05, 4.69) is 11.7 Å². The predicted octanol–water partition coefficient (Wildman–Crippen LogP) is 2.06. The van der Waals surface area contributed by atoms with Gasteiger partial charge in [0.2, 0.25) is 0 Å². The van der Waals surface area contributed by atoms with Gasteiger partial charge in [0.05, 0.1) is 17.4 Å². The summed E-state index contributed by atoms with van der Waals surface area (Å²) in [6.07, 6.45) is 3.58. The minimum atomic E-state index is -0.199. The maximum atomic E-state index is 5.79. The van der Waals surface area contributed by atoms with Crippen LogP contribution in [-0.4, -0.2) is 9.78 Å². The Labute approximate surface area is 88.8 Å². The molecule has 76 valence electrons. The van der Waals surface area contributed by atoms with Crippen molar-refractivity contribution in [3.05, 3.63) is 60.9 Å². The molecule has 2 aromatic rings. The van der Waals surface area contributed by atoms with Gasteiger partial charge in [0.15, 0.2) is 0 Å². The normalized spacial score (nSPS) is 12.3. The molecule has 0 saturated heterocycles. The second-order valence-electron chi connectivity index (χ2n) is 3.28. The van der Waals surface area contributed by atoms with E-state index in [-0.39, 0.29) is 6.04 Å². The summed E-state index contributed by atoms with van der Waals surface area (Å²) >= 11 is 0. The smallest absolute Gasteiger partial charge is 0.0835 e. The van der Waals surface area contributed by atoms with Gasteiger partial charge in [-0.05, 0) is 18.2 Å². The summed E-state index contributed by atoms with van der Waals surface area (Å²) in [4.78, 5) is 0. The third-order valence-corrected chi connectivity index (χ3v) is 2.23. The Morgan fingerprint density at radius 1 is 1.27 bits per heavy atom. The Morgan fingerprint density at radius 2 is 2.00 bits per heavy atom. The van der Waals surface area contributed by atoms with Crippen LogP contribution >= 0.6 is 0 Å². The van der Waals surface area contributed by atoms with E-state index < -0.39 is 0 Å². The van der Waals surface area contributed by atoms with Crippen LogP contribution in [0.3, 0.4) is 0 Å². The minimum absolute atomic E-state index is 0.199. The number of benzene rings is 1. The molecule has 0 radical (unpaired) electrons. The summed E-state index contributed by atoms with van der Waals surface area (Å²) in [5, 5.41) is 4.37. The summed E-state index contributed by atoms with van der Waals surface area (Å²) < 4.78 is 1.80. The zero-order valence-electron chi connectivity index (χ0n) is 8.38. The highest BCUT2D eigenvalue weighted by Gasteiger charge is 2.05. The van der Waals surface area contributed by atoms with Gasteiger partial charge in [0.25, 0.3) is 0 Å². The Bertz CT molecular complexity index is 445. The molecule has 3 heteroatoms. The fourth-order valence-electron chi connectivity index (χ4n) is 1.36. The number of rotatable bonds is 3. The van der Waals surface area contributed by atoms with Crippen LogP contribution in [0.2, 0.25) is 0 Å². The van der Waals surface area contributed by atoms with Gasteiger partial charge in [-0.3, -0.25) is 0 Å². The highest BCUT2D eigenvalue weighted by molar-refractivity contribution is 5.30. The summed E-state index contributed by atoms with van der Waals surface area (Å²) in [5.41, 5.74) is 7.65. The Morgan fingerprint density at radius 3 is 2.67 bits per heavy atom. The van der Waals surface area contributed by atoms with Crippen molar-refractivity contribution in [3.63, 3.8) is 0 Å². The largest absolute Gasteiger partial charge is 0.319 e. The van der Waals surface area contributed by atoms with Crippen molar-refractivity contribution in [3.8, 4) is 5.69 Å². The number of hydrogen-bond acceptors (Lipinski definition) is 2. The highest BCUT2D eigenvalue weighted by atomic mass is 15.3. The van der Waals surface area contributed by atoms with Crippen molar-refractivity contribution in [1.29, 1.82) is 0 Å². The first-order valence-corrected chi connectivity index (χ1v) is 4.80. The molecule has 1 unspecified atom stereocenters. The molecule has 2 N–H and O–H groups in total. The van der Waals surface area contributed by atoms with Crippen LogP contribution in [0.4, 0.5) is 0 Å². The molecule has 2 rings (SSSR count). The average molecular weight is 199 g/mol. The van der Waals surface area contributed by atoms with E-state index in [1.165, 1.54) is 0 Å². The molecule has 0 spiro atoms. The quantitative estimate of drug-likeness (QED) is 0.769. The molecule has 15 heavy (non-hydrogen) atoms. The van der Waals surface area contributed by atoms with Crippen molar-refractivity contribution in [1.82, 2.24) is 9.78 Å². The minimum Gasteiger partial charge on any atom is -0.319 e. The molecule has 1 atom stereocenters. The summed E-state index contributed by atoms with van der Waals surface area (Å²) in [7, 11) is 0. The Hall–Kier alpha value is -1.87. The molecule has 0 fully saturated rings. The number of para-hydroxylation sites is 1. The molecule has 0 saturated carbocycles. The molecule has 0 bridgehead atoms. The van der Waals surface area contributed by atoms with Crippen molar-refractivity contribution in [2.24, 2.45) is 5.73 Å². The summed E-state index contributed by atoms with van der Waals surface area (Å²) in [5.74, 6) is 0. The lowest BCUT2D eigenvalue weighted by Crippen LogP contribution is -2.08. The third-order valence-electron chi connectivity index (χ3n) is 2.23. The van der Waals surface area contributed by atoms with Gasteiger partial charge in [-0.15, -0.1) is 6.58 Å². The topological polar surface area (TPSA) is 43.8 Å². The molecule has 0 aliphatic rings. The van der Waals surface area contributed by atoms with Gasteiger partial charge in [0.1, 0.15) is 0 Å². The van der Waals surface area contributed by atoms with E-state index in [1.807, 2.05) is 42.6 Å². The zero-order chi connectivity index (χ0) is 10.7. The van der Waals surface area contributed by atoms with E-state index in [9.17, 15) is 0 Å². The number of nitrogens with two attached hydrogens (primary N) is 1. The molecule has 0 aliphatic heterocycles. The average Bonchev–Trinajstić information content (AvgIpc) is 2.78. The third kappa shape index (κ3) is 1.97. The second-order valence-corrected chi connectivity index (χ2v) is 3.28. The number of aromatic nitrogens is 2. The first kappa shape index (κ1) is 9.68. The van der Waals surface area contributed by atoms with E-state index in [1.54, 1.807) is 10.8 Å². The van der Waals surface area contributed by atoms with E-state index in [0.717, 1.165) is 11.4 Å². The van der Waals surface area contributed by atoms with E-state index in [0.29, 0.717) is 0 Å². The number of nitrogens with zero attached hydrogens (tertiary/aromatic N) is 2. The maximum Gasteiger partial charge on any atom is 0.0835 e. The standard InChI is InChI=1S/C12H13N3/c1-2-11(13)12-8-9-15(14-12)10-6-4-3-5-7-10/h2-9,11H,1,13H2. The fraction of sp³-hybridized carbons (Fsp3) is 0.0833. The van der Waals surface area contributed by atoms with Crippen molar-refractivity contribution < 1.29 is 0 Å². The monoisotopic (exact) mass is 199 g/mol.